The highest BCUT2D eigenvalue weighted by molar-refractivity contribution is 6.17. The molecule has 3 rings (SSSR count). The zero-order chi connectivity index (χ0) is 19.3. The maximum Gasteiger partial charge on any atom is 0.260 e. The smallest absolute Gasteiger partial charge is 0.260 e. The van der Waals surface area contributed by atoms with E-state index < -0.39 is 11.6 Å². The first-order chi connectivity index (χ1) is 13.1. The molecule has 0 aliphatic heterocycles. The second-order valence-corrected chi connectivity index (χ2v) is 5.96. The minimum atomic E-state index is -1.63. The summed E-state index contributed by atoms with van der Waals surface area (Å²) in [6, 6.07) is 24.5. The highest BCUT2D eigenvalue weighted by Gasteiger charge is 2.42. The van der Waals surface area contributed by atoms with Crippen LogP contribution in [0.2, 0.25) is 0 Å². The van der Waals surface area contributed by atoms with Crippen LogP contribution in [0.3, 0.4) is 0 Å². The molecule has 0 radical (unpaired) electrons. The lowest BCUT2D eigenvalue weighted by molar-refractivity contribution is -0.176. The van der Waals surface area contributed by atoms with Crippen LogP contribution in [0.1, 0.15) is 31.8 Å². The molecule has 27 heavy (non-hydrogen) atoms. The van der Waals surface area contributed by atoms with Crippen molar-refractivity contribution in [3.63, 3.8) is 0 Å². The molecular weight excluding hydrogens is 340 g/mol. The van der Waals surface area contributed by atoms with Gasteiger partial charge in [-0.05, 0) is 0 Å². The van der Waals surface area contributed by atoms with Crippen LogP contribution < -0.4 is 0 Å². The second kappa shape index (κ2) is 8.08. The van der Waals surface area contributed by atoms with Gasteiger partial charge in [0.05, 0.1) is 0 Å². The summed E-state index contributed by atoms with van der Waals surface area (Å²) in [6.07, 6.45) is 0. The molecule has 136 valence electrons. The van der Waals surface area contributed by atoms with Gasteiger partial charge in [-0.1, -0.05) is 84.9 Å². The third-order valence-corrected chi connectivity index (χ3v) is 4.48. The van der Waals surface area contributed by atoms with Gasteiger partial charge in [0.2, 0.25) is 5.78 Å². The van der Waals surface area contributed by atoms with Crippen molar-refractivity contribution in [2.45, 2.75) is 5.79 Å². The fourth-order valence-electron chi connectivity index (χ4n) is 3.09. The average molecular weight is 360 g/mol. The predicted molar refractivity (Wildman–Crippen MR) is 103 cm³/mol. The zero-order valence-corrected chi connectivity index (χ0v) is 15.2. The Hall–Kier alpha value is -3.08. The van der Waals surface area contributed by atoms with Crippen LogP contribution in [0.25, 0.3) is 0 Å². The molecule has 0 bridgehead atoms. The number of ether oxygens (including phenoxy) is 2. The van der Waals surface area contributed by atoms with Gasteiger partial charge in [-0.25, -0.2) is 0 Å². The number of hydrogen-bond acceptors (Lipinski definition) is 4. The number of rotatable bonds is 7. The van der Waals surface area contributed by atoms with Crippen molar-refractivity contribution >= 4 is 11.6 Å². The Kier molecular flexibility index (Phi) is 5.60. The highest BCUT2D eigenvalue weighted by Crippen LogP contribution is 2.32. The first kappa shape index (κ1) is 18.7. The van der Waals surface area contributed by atoms with Crippen molar-refractivity contribution in [2.75, 3.05) is 14.2 Å². The van der Waals surface area contributed by atoms with Gasteiger partial charge >= 0.3 is 0 Å². The number of carbonyl (C=O) groups excluding carboxylic acids is 2. The summed E-state index contributed by atoms with van der Waals surface area (Å²) in [7, 11) is 2.83. The van der Waals surface area contributed by atoms with Crippen molar-refractivity contribution < 1.29 is 19.1 Å². The van der Waals surface area contributed by atoms with Gasteiger partial charge in [0.15, 0.2) is 5.78 Å². The molecule has 0 unspecified atom stereocenters. The molecule has 0 amide bonds. The molecule has 4 heteroatoms. The first-order valence-corrected chi connectivity index (χ1v) is 8.53. The van der Waals surface area contributed by atoms with Crippen molar-refractivity contribution in [1.29, 1.82) is 0 Å². The molecule has 0 saturated heterocycles. The molecule has 0 aliphatic rings. The van der Waals surface area contributed by atoms with Gasteiger partial charge in [0.1, 0.15) is 0 Å². The van der Waals surface area contributed by atoms with Crippen LogP contribution >= 0.6 is 0 Å². The Morgan fingerprint density at radius 2 is 1.15 bits per heavy atom. The maximum atomic E-state index is 13.5. The Labute approximate surface area is 158 Å². The monoisotopic (exact) mass is 360 g/mol. The fourth-order valence-corrected chi connectivity index (χ4v) is 3.09. The summed E-state index contributed by atoms with van der Waals surface area (Å²) in [4.78, 5) is 26.5. The number of carbonyl (C=O) groups is 2. The number of methoxy groups -OCH3 is 2. The van der Waals surface area contributed by atoms with Crippen LogP contribution in [0.5, 0.6) is 0 Å². The summed E-state index contributed by atoms with van der Waals surface area (Å²) in [5.41, 5.74) is 1.63. The zero-order valence-electron chi connectivity index (χ0n) is 15.2. The highest BCUT2D eigenvalue weighted by atomic mass is 16.7. The second-order valence-electron chi connectivity index (χ2n) is 5.96. The third kappa shape index (κ3) is 3.45. The Morgan fingerprint density at radius 3 is 1.70 bits per heavy atom. The van der Waals surface area contributed by atoms with Gasteiger partial charge in [0.25, 0.3) is 5.79 Å². The Bertz CT molecular complexity index is 929. The number of ketones is 2. The van der Waals surface area contributed by atoms with E-state index in [0.717, 1.165) is 0 Å². The minimum absolute atomic E-state index is 0.228. The Balaban J connectivity index is 2.11. The van der Waals surface area contributed by atoms with Gasteiger partial charge in [-0.2, -0.15) is 0 Å². The number of Topliss-reactive ketones (excluding diaryl/α,β-unsaturated/α-hetero) is 1. The molecule has 0 N–H and O–H groups in total. The Morgan fingerprint density at radius 1 is 0.667 bits per heavy atom. The molecule has 0 fully saturated rings. The number of hydrogen-bond donors (Lipinski definition) is 0. The standard InChI is InChI=1S/C23H20O4/c1-26-23(27-2,18-13-7-4-8-14-18)22(25)20-16-10-9-15-19(20)21(24)17-11-5-3-6-12-17/h3-16H,1-2H3. The summed E-state index contributed by atoms with van der Waals surface area (Å²) in [5.74, 6) is -2.29. The maximum absolute atomic E-state index is 13.5. The van der Waals surface area contributed by atoms with Crippen molar-refractivity contribution in [2.24, 2.45) is 0 Å². The van der Waals surface area contributed by atoms with Crippen LogP contribution in [-0.2, 0) is 15.3 Å². The van der Waals surface area contributed by atoms with E-state index in [1.807, 2.05) is 12.1 Å². The van der Waals surface area contributed by atoms with E-state index in [9.17, 15) is 9.59 Å². The van der Waals surface area contributed by atoms with E-state index in [-0.39, 0.29) is 11.3 Å². The molecule has 0 aliphatic carbocycles. The van der Waals surface area contributed by atoms with E-state index in [1.165, 1.54) is 14.2 Å². The lowest BCUT2D eigenvalue weighted by Crippen LogP contribution is -2.40. The van der Waals surface area contributed by atoms with Crippen LogP contribution in [0.4, 0.5) is 0 Å². The van der Waals surface area contributed by atoms with Crippen molar-refractivity contribution in [1.82, 2.24) is 0 Å². The molecular formula is C23H20O4. The van der Waals surface area contributed by atoms with Crippen LogP contribution in [0.15, 0.2) is 84.9 Å². The molecule has 4 nitrogen and oxygen atoms in total. The van der Waals surface area contributed by atoms with Crippen molar-refractivity contribution in [3.8, 4) is 0 Å². The molecule has 0 atom stereocenters. The summed E-state index contributed by atoms with van der Waals surface area (Å²) in [5, 5.41) is 0. The first-order valence-electron chi connectivity index (χ1n) is 8.53. The van der Waals surface area contributed by atoms with E-state index in [0.29, 0.717) is 16.7 Å². The van der Waals surface area contributed by atoms with Crippen LogP contribution in [0, 0.1) is 0 Å². The van der Waals surface area contributed by atoms with E-state index in [1.54, 1.807) is 72.8 Å². The normalized spacial score (nSPS) is 11.2. The molecule has 3 aromatic carbocycles. The fraction of sp³-hybridized carbons (Fsp3) is 0.130. The topological polar surface area (TPSA) is 52.6 Å². The third-order valence-electron chi connectivity index (χ3n) is 4.48. The molecule has 0 heterocycles. The predicted octanol–water partition coefficient (Wildman–Crippen LogP) is 4.25. The van der Waals surface area contributed by atoms with Crippen molar-refractivity contribution in [3.05, 3.63) is 107 Å². The van der Waals surface area contributed by atoms with E-state index >= 15 is 0 Å². The van der Waals surface area contributed by atoms with Gasteiger partial charge in [-0.15, -0.1) is 0 Å². The minimum Gasteiger partial charge on any atom is -0.343 e. The molecule has 0 aromatic heterocycles. The average Bonchev–Trinajstić information content (AvgIpc) is 2.76. The lowest BCUT2D eigenvalue weighted by atomic mass is 9.90. The summed E-state index contributed by atoms with van der Waals surface area (Å²) < 4.78 is 11.1. The summed E-state index contributed by atoms with van der Waals surface area (Å²) in [6.45, 7) is 0. The number of benzene rings is 3. The van der Waals surface area contributed by atoms with E-state index in [4.69, 9.17) is 9.47 Å². The lowest BCUT2D eigenvalue weighted by Gasteiger charge is -2.30. The quantitative estimate of drug-likeness (QED) is 0.467. The van der Waals surface area contributed by atoms with E-state index in [2.05, 4.69) is 0 Å². The van der Waals surface area contributed by atoms with Gasteiger partial charge in [0, 0.05) is 36.5 Å². The van der Waals surface area contributed by atoms with Gasteiger partial charge in [-0.3, -0.25) is 9.59 Å². The molecule has 0 saturated carbocycles. The largest absolute Gasteiger partial charge is 0.343 e. The SMILES string of the molecule is COC(OC)(C(=O)c1ccccc1C(=O)c1ccccc1)c1ccccc1. The molecule has 0 spiro atoms. The van der Waals surface area contributed by atoms with Crippen LogP contribution in [-0.4, -0.2) is 25.8 Å². The summed E-state index contributed by atoms with van der Waals surface area (Å²) >= 11 is 0. The van der Waals surface area contributed by atoms with Gasteiger partial charge < -0.3 is 9.47 Å². The molecule has 3 aromatic rings.